The molecule has 0 saturated carbocycles. The summed E-state index contributed by atoms with van der Waals surface area (Å²) in [5, 5.41) is 2.92. The van der Waals surface area contributed by atoms with E-state index in [4.69, 9.17) is 5.73 Å². The number of anilines is 2. The van der Waals surface area contributed by atoms with Gasteiger partial charge in [-0.15, -0.1) is 0 Å². The molecule has 24 heavy (non-hydrogen) atoms. The van der Waals surface area contributed by atoms with Crippen molar-refractivity contribution in [1.29, 1.82) is 0 Å². The highest BCUT2D eigenvalue weighted by Crippen LogP contribution is 2.31. The summed E-state index contributed by atoms with van der Waals surface area (Å²) in [5.41, 5.74) is 9.68. The normalized spacial score (nSPS) is 17.6. The Hall–Kier alpha value is -2.50. The first kappa shape index (κ1) is 16.4. The number of nitrogens with zero attached hydrogens (tertiary/aromatic N) is 2. The molecular formula is C18H24N4O2. The van der Waals surface area contributed by atoms with E-state index in [2.05, 4.69) is 11.4 Å². The molecule has 6 nitrogen and oxygen atoms in total. The quantitative estimate of drug-likeness (QED) is 0.819. The third-order valence-corrected chi connectivity index (χ3v) is 4.72. The lowest BCUT2D eigenvalue weighted by molar-refractivity contribution is -0.130. The molecular weight excluding hydrogens is 304 g/mol. The fraction of sp³-hybridized carbons (Fsp3) is 0.444. The number of amides is 3. The van der Waals surface area contributed by atoms with Crippen LogP contribution in [0.3, 0.4) is 0 Å². The van der Waals surface area contributed by atoms with Crippen molar-refractivity contribution in [2.24, 2.45) is 0 Å². The van der Waals surface area contributed by atoms with Gasteiger partial charge in [0.2, 0.25) is 5.91 Å². The van der Waals surface area contributed by atoms with Crippen molar-refractivity contribution in [3.8, 4) is 0 Å². The predicted octanol–water partition coefficient (Wildman–Crippen LogP) is 2.53. The third kappa shape index (κ3) is 3.53. The molecule has 0 aromatic heterocycles. The lowest BCUT2D eigenvalue weighted by atomic mass is 10.0. The zero-order valence-corrected chi connectivity index (χ0v) is 14.0. The summed E-state index contributed by atoms with van der Waals surface area (Å²) in [6, 6.07) is 5.64. The minimum atomic E-state index is -0.164. The fourth-order valence-electron chi connectivity index (χ4n) is 3.22. The average Bonchev–Trinajstić information content (AvgIpc) is 3.11. The lowest BCUT2D eigenvalue weighted by Gasteiger charge is -2.34. The van der Waals surface area contributed by atoms with Crippen LogP contribution in [0.2, 0.25) is 0 Å². The molecule has 1 heterocycles. The summed E-state index contributed by atoms with van der Waals surface area (Å²) in [5.74, 6) is 0.0526. The van der Waals surface area contributed by atoms with Crippen LogP contribution in [0.5, 0.6) is 0 Å². The molecule has 1 saturated heterocycles. The number of hydrogen-bond donors (Lipinski definition) is 2. The Morgan fingerprint density at radius 3 is 2.46 bits per heavy atom. The van der Waals surface area contributed by atoms with Crippen LogP contribution in [0.4, 0.5) is 16.2 Å². The third-order valence-electron chi connectivity index (χ3n) is 4.72. The number of nitrogen functional groups attached to an aromatic ring is 1. The van der Waals surface area contributed by atoms with Crippen LogP contribution in [0.15, 0.2) is 24.3 Å². The van der Waals surface area contributed by atoms with Crippen molar-refractivity contribution in [3.63, 3.8) is 0 Å². The number of carbonyl (C=O) groups excluding carboxylic acids is 2. The first-order valence-electron chi connectivity index (χ1n) is 8.45. The number of benzene rings is 1. The predicted molar refractivity (Wildman–Crippen MR) is 95.5 cm³/mol. The first-order chi connectivity index (χ1) is 11.5. The summed E-state index contributed by atoms with van der Waals surface area (Å²) in [6.45, 7) is 3.78. The number of nitrogens with two attached hydrogens (primary N) is 1. The molecule has 0 unspecified atom stereocenters. The van der Waals surface area contributed by atoms with E-state index in [1.807, 2.05) is 18.2 Å². The van der Waals surface area contributed by atoms with Gasteiger partial charge < -0.3 is 20.9 Å². The number of nitrogens with one attached hydrogen (secondary N) is 1. The molecule has 1 aliphatic carbocycles. The highest BCUT2D eigenvalue weighted by Gasteiger charge is 2.22. The van der Waals surface area contributed by atoms with E-state index in [0.717, 1.165) is 18.4 Å². The number of carbonyl (C=O) groups is 2. The van der Waals surface area contributed by atoms with E-state index in [0.29, 0.717) is 37.6 Å². The molecule has 1 fully saturated rings. The summed E-state index contributed by atoms with van der Waals surface area (Å²) >= 11 is 0. The summed E-state index contributed by atoms with van der Waals surface area (Å²) in [7, 11) is 0. The largest absolute Gasteiger partial charge is 0.397 e. The minimum Gasteiger partial charge on any atom is -0.397 e. The number of piperazine rings is 1. The summed E-state index contributed by atoms with van der Waals surface area (Å²) in [6.07, 6.45) is 5.62. The maximum Gasteiger partial charge on any atom is 0.322 e. The molecule has 1 aromatic rings. The second-order valence-electron chi connectivity index (χ2n) is 6.35. The molecule has 3 N–H and O–H groups in total. The fourth-order valence-corrected chi connectivity index (χ4v) is 3.22. The van der Waals surface area contributed by atoms with Crippen LogP contribution in [0.25, 0.3) is 5.57 Å². The molecule has 3 amide bonds. The van der Waals surface area contributed by atoms with Crippen molar-refractivity contribution in [2.75, 3.05) is 37.2 Å². The van der Waals surface area contributed by atoms with Gasteiger partial charge in [0.05, 0.1) is 11.4 Å². The molecule has 2 aliphatic rings. The topological polar surface area (TPSA) is 78.7 Å². The average molecular weight is 328 g/mol. The molecule has 1 aromatic carbocycles. The van der Waals surface area contributed by atoms with Gasteiger partial charge in [-0.2, -0.15) is 0 Å². The Labute approximate surface area is 142 Å². The number of hydrogen-bond acceptors (Lipinski definition) is 3. The zero-order chi connectivity index (χ0) is 17.1. The Kier molecular flexibility index (Phi) is 4.74. The highest BCUT2D eigenvalue weighted by molar-refractivity contribution is 5.93. The van der Waals surface area contributed by atoms with Crippen LogP contribution in [-0.2, 0) is 4.79 Å². The Morgan fingerprint density at radius 2 is 1.83 bits per heavy atom. The van der Waals surface area contributed by atoms with Gasteiger partial charge in [0.15, 0.2) is 0 Å². The van der Waals surface area contributed by atoms with Gasteiger partial charge in [-0.1, -0.05) is 12.1 Å². The van der Waals surface area contributed by atoms with Gasteiger partial charge >= 0.3 is 6.03 Å². The van der Waals surface area contributed by atoms with Crippen molar-refractivity contribution in [1.82, 2.24) is 9.80 Å². The van der Waals surface area contributed by atoms with Crippen molar-refractivity contribution < 1.29 is 9.59 Å². The standard InChI is InChI=1S/C18H24N4O2/c1-13(23)21-8-10-22(11-9-21)18(24)20-17-12-15(6-7-16(17)19)14-4-2-3-5-14/h4,6-7,12H,2-3,5,8-11,19H2,1H3,(H,20,24). The highest BCUT2D eigenvalue weighted by atomic mass is 16.2. The smallest absolute Gasteiger partial charge is 0.322 e. The maximum atomic E-state index is 12.5. The van der Waals surface area contributed by atoms with Crippen molar-refractivity contribution in [3.05, 3.63) is 29.8 Å². The van der Waals surface area contributed by atoms with Crippen LogP contribution in [0.1, 0.15) is 31.7 Å². The number of allylic oxidation sites excluding steroid dienone is 2. The first-order valence-corrected chi connectivity index (χ1v) is 8.45. The minimum absolute atomic E-state index is 0.0526. The van der Waals surface area contributed by atoms with Gasteiger partial charge in [-0.05, 0) is 42.5 Å². The van der Waals surface area contributed by atoms with Gasteiger partial charge in [0.25, 0.3) is 0 Å². The van der Waals surface area contributed by atoms with E-state index in [-0.39, 0.29) is 11.9 Å². The van der Waals surface area contributed by atoms with Crippen LogP contribution < -0.4 is 11.1 Å². The molecule has 3 rings (SSSR count). The van der Waals surface area contributed by atoms with Gasteiger partial charge in [-0.25, -0.2) is 4.79 Å². The van der Waals surface area contributed by atoms with E-state index < -0.39 is 0 Å². The molecule has 0 spiro atoms. The van der Waals surface area contributed by atoms with Crippen LogP contribution >= 0.6 is 0 Å². The van der Waals surface area contributed by atoms with Crippen LogP contribution in [0, 0.1) is 0 Å². The second kappa shape index (κ2) is 6.95. The second-order valence-corrected chi connectivity index (χ2v) is 6.35. The van der Waals surface area contributed by atoms with E-state index in [1.165, 1.54) is 12.0 Å². The van der Waals surface area contributed by atoms with E-state index >= 15 is 0 Å². The van der Waals surface area contributed by atoms with Crippen molar-refractivity contribution in [2.45, 2.75) is 26.2 Å². The Bertz CT molecular complexity index is 676. The zero-order valence-electron chi connectivity index (χ0n) is 14.0. The van der Waals surface area contributed by atoms with Gasteiger partial charge in [0.1, 0.15) is 0 Å². The van der Waals surface area contributed by atoms with Gasteiger partial charge in [-0.3, -0.25) is 4.79 Å². The molecule has 0 radical (unpaired) electrons. The molecule has 1 aliphatic heterocycles. The maximum absolute atomic E-state index is 12.5. The Balaban J connectivity index is 1.66. The SMILES string of the molecule is CC(=O)N1CCN(C(=O)Nc2cc(C3=CCCC3)ccc2N)CC1. The molecule has 0 atom stereocenters. The monoisotopic (exact) mass is 328 g/mol. The molecule has 0 bridgehead atoms. The Morgan fingerprint density at radius 1 is 1.12 bits per heavy atom. The van der Waals surface area contributed by atoms with Gasteiger partial charge in [0, 0.05) is 33.1 Å². The number of rotatable bonds is 2. The van der Waals surface area contributed by atoms with E-state index in [1.54, 1.807) is 16.7 Å². The van der Waals surface area contributed by atoms with E-state index in [9.17, 15) is 9.59 Å². The lowest BCUT2D eigenvalue weighted by Crippen LogP contribution is -2.51. The summed E-state index contributed by atoms with van der Waals surface area (Å²) in [4.78, 5) is 27.3. The molecule has 6 heteroatoms. The van der Waals surface area contributed by atoms with Crippen LogP contribution in [-0.4, -0.2) is 47.9 Å². The number of urea groups is 1. The van der Waals surface area contributed by atoms with Crippen molar-refractivity contribution >= 4 is 28.9 Å². The molecule has 128 valence electrons. The summed E-state index contributed by atoms with van der Waals surface area (Å²) < 4.78 is 0.